The van der Waals surface area contributed by atoms with E-state index in [2.05, 4.69) is 27.9 Å². The SMILES string of the molecule is CCCCN(C(=O)CN1C[C@H](c2ccc3c(c2)CCO3)[C@@H](C(=O)O)[C@@H]1CCc1nccn1C)c1cccnc1. The molecule has 5 rings (SSSR count). The summed E-state index contributed by atoms with van der Waals surface area (Å²) < 4.78 is 7.65. The highest BCUT2D eigenvalue weighted by atomic mass is 16.5. The lowest BCUT2D eigenvalue weighted by Crippen LogP contribution is -2.44. The first-order valence-electron chi connectivity index (χ1n) is 13.8. The van der Waals surface area contributed by atoms with Gasteiger partial charge in [0, 0.05) is 63.5 Å². The van der Waals surface area contributed by atoms with Gasteiger partial charge in [-0.1, -0.05) is 25.5 Å². The summed E-state index contributed by atoms with van der Waals surface area (Å²) in [5.74, 6) is 0.0571. The average molecular weight is 532 g/mol. The van der Waals surface area contributed by atoms with Gasteiger partial charge in [-0.05, 0) is 42.2 Å². The largest absolute Gasteiger partial charge is 0.493 e. The van der Waals surface area contributed by atoms with Gasteiger partial charge in [0.15, 0.2) is 0 Å². The molecule has 1 N–H and O–H groups in total. The minimum Gasteiger partial charge on any atom is -0.493 e. The highest BCUT2D eigenvalue weighted by molar-refractivity contribution is 5.94. The maximum absolute atomic E-state index is 13.8. The fourth-order valence-corrected chi connectivity index (χ4v) is 6.03. The molecular formula is C30H37N5O4. The van der Waals surface area contributed by atoms with Crippen LogP contribution in [0.15, 0.2) is 55.1 Å². The Hall–Kier alpha value is -3.72. The number of carbonyl (C=O) groups is 2. The number of fused-ring (bicyclic) bond motifs is 1. The highest BCUT2D eigenvalue weighted by Gasteiger charge is 2.47. The van der Waals surface area contributed by atoms with Crippen LogP contribution in [-0.4, -0.2) is 68.7 Å². The summed E-state index contributed by atoms with van der Waals surface area (Å²) >= 11 is 0. The van der Waals surface area contributed by atoms with E-state index in [4.69, 9.17) is 4.74 Å². The Morgan fingerprint density at radius 3 is 2.82 bits per heavy atom. The predicted octanol–water partition coefficient (Wildman–Crippen LogP) is 3.68. The number of carboxylic acids is 1. The van der Waals surface area contributed by atoms with E-state index >= 15 is 0 Å². The molecule has 0 bridgehead atoms. The number of anilines is 1. The van der Waals surface area contributed by atoms with Gasteiger partial charge in [0.05, 0.1) is 31.0 Å². The lowest BCUT2D eigenvalue weighted by Gasteiger charge is -2.29. The van der Waals surface area contributed by atoms with Crippen LogP contribution in [0.4, 0.5) is 5.69 Å². The average Bonchev–Trinajstić information content (AvgIpc) is 3.66. The Morgan fingerprint density at radius 2 is 2.10 bits per heavy atom. The zero-order chi connectivity index (χ0) is 27.4. The van der Waals surface area contributed by atoms with Crippen molar-refractivity contribution in [1.29, 1.82) is 0 Å². The first kappa shape index (κ1) is 26.9. The van der Waals surface area contributed by atoms with Crippen LogP contribution >= 0.6 is 0 Å². The number of hydrogen-bond donors (Lipinski definition) is 1. The zero-order valence-corrected chi connectivity index (χ0v) is 22.7. The number of aryl methyl sites for hydroxylation is 2. The number of unbranched alkanes of at least 4 members (excludes halogenated alkanes) is 1. The van der Waals surface area contributed by atoms with E-state index in [9.17, 15) is 14.7 Å². The molecular weight excluding hydrogens is 494 g/mol. The van der Waals surface area contributed by atoms with Crippen molar-refractivity contribution in [2.24, 2.45) is 13.0 Å². The van der Waals surface area contributed by atoms with Crippen molar-refractivity contribution in [1.82, 2.24) is 19.4 Å². The van der Waals surface area contributed by atoms with Crippen LogP contribution in [0.1, 0.15) is 49.1 Å². The van der Waals surface area contributed by atoms with Gasteiger partial charge < -0.3 is 19.3 Å². The van der Waals surface area contributed by atoms with Gasteiger partial charge in [-0.25, -0.2) is 4.98 Å². The molecule has 4 heterocycles. The maximum atomic E-state index is 13.8. The number of carbonyl (C=O) groups excluding carboxylic acids is 1. The molecule has 1 aromatic carbocycles. The molecule has 0 saturated carbocycles. The summed E-state index contributed by atoms with van der Waals surface area (Å²) in [4.78, 5) is 39.2. The summed E-state index contributed by atoms with van der Waals surface area (Å²) in [5.41, 5.74) is 2.89. The number of likely N-dealkylation sites (tertiary alicyclic amines) is 1. The number of imidazole rings is 1. The molecule has 39 heavy (non-hydrogen) atoms. The van der Waals surface area contributed by atoms with Gasteiger partial charge in [0.1, 0.15) is 11.6 Å². The fraction of sp³-hybridized carbons (Fsp3) is 0.467. The summed E-state index contributed by atoms with van der Waals surface area (Å²) in [5, 5.41) is 10.5. The summed E-state index contributed by atoms with van der Waals surface area (Å²) in [7, 11) is 1.95. The Morgan fingerprint density at radius 1 is 1.23 bits per heavy atom. The molecule has 9 nitrogen and oxygen atoms in total. The summed E-state index contributed by atoms with van der Waals surface area (Å²) in [6.07, 6.45) is 11.0. The number of aromatic nitrogens is 3. The maximum Gasteiger partial charge on any atom is 0.308 e. The quantitative estimate of drug-likeness (QED) is 0.403. The van der Waals surface area contributed by atoms with Crippen LogP contribution < -0.4 is 9.64 Å². The van der Waals surface area contributed by atoms with Crippen LogP contribution in [0.2, 0.25) is 0 Å². The third kappa shape index (κ3) is 5.83. The molecule has 0 unspecified atom stereocenters. The Labute approximate surface area is 229 Å². The van der Waals surface area contributed by atoms with Gasteiger partial charge in [-0.15, -0.1) is 0 Å². The summed E-state index contributed by atoms with van der Waals surface area (Å²) in [6, 6.07) is 9.49. The number of rotatable bonds is 11. The number of benzene rings is 1. The molecule has 3 atom stereocenters. The minimum atomic E-state index is -0.827. The second-order valence-electron chi connectivity index (χ2n) is 10.5. The smallest absolute Gasteiger partial charge is 0.308 e. The fourth-order valence-electron chi connectivity index (χ4n) is 6.03. The van der Waals surface area contributed by atoms with Crippen molar-refractivity contribution < 1.29 is 19.4 Å². The number of hydrogen-bond acceptors (Lipinski definition) is 6. The number of carboxylic acid groups (broad SMARTS) is 1. The van der Waals surface area contributed by atoms with Crippen LogP contribution in [0.3, 0.4) is 0 Å². The lowest BCUT2D eigenvalue weighted by atomic mass is 9.83. The van der Waals surface area contributed by atoms with E-state index in [-0.39, 0.29) is 24.4 Å². The van der Waals surface area contributed by atoms with Gasteiger partial charge >= 0.3 is 5.97 Å². The van der Waals surface area contributed by atoms with Gasteiger partial charge in [-0.3, -0.25) is 19.5 Å². The molecule has 2 aliphatic rings. The van der Waals surface area contributed by atoms with Crippen molar-refractivity contribution in [2.45, 2.75) is 51.0 Å². The standard InChI is InChI=1S/C30H37N5O4/c1-3-4-14-35(23-6-5-12-31-18-23)28(36)20-34-19-24(21-7-9-26-22(17-21)11-16-39-26)29(30(37)38)25(34)8-10-27-32-13-15-33(27)2/h5-7,9,12-13,15,17-18,24-25,29H,3-4,8,10-11,14,16,19-20H2,1-2H3,(H,37,38)/t24-,25+,29-/m1/s1. The lowest BCUT2D eigenvalue weighted by molar-refractivity contribution is -0.143. The number of amides is 1. The molecule has 1 fully saturated rings. The van der Waals surface area contributed by atoms with Crippen molar-refractivity contribution in [3.05, 3.63) is 72.1 Å². The highest BCUT2D eigenvalue weighted by Crippen LogP contribution is 2.41. The molecule has 1 saturated heterocycles. The van der Waals surface area contributed by atoms with Crippen molar-refractivity contribution >= 4 is 17.6 Å². The van der Waals surface area contributed by atoms with Gasteiger partial charge in [0.2, 0.25) is 5.91 Å². The minimum absolute atomic E-state index is 0.0365. The van der Waals surface area contributed by atoms with E-state index in [1.807, 2.05) is 42.1 Å². The Kier molecular flexibility index (Phi) is 8.26. The molecule has 1 amide bonds. The normalized spacial score (nSPS) is 20.5. The number of aliphatic carboxylic acids is 1. The third-order valence-corrected chi connectivity index (χ3v) is 8.09. The summed E-state index contributed by atoms with van der Waals surface area (Å²) in [6.45, 7) is 4.01. The van der Waals surface area contributed by atoms with E-state index in [1.165, 1.54) is 0 Å². The molecule has 2 aliphatic heterocycles. The first-order valence-corrected chi connectivity index (χ1v) is 13.8. The van der Waals surface area contributed by atoms with Crippen LogP contribution in [-0.2, 0) is 29.5 Å². The first-order chi connectivity index (χ1) is 19.0. The molecule has 3 aromatic rings. The monoisotopic (exact) mass is 531 g/mol. The molecule has 0 radical (unpaired) electrons. The van der Waals surface area contributed by atoms with Gasteiger partial charge in [-0.2, -0.15) is 0 Å². The Balaban J connectivity index is 1.44. The second kappa shape index (κ2) is 12.0. The zero-order valence-electron chi connectivity index (χ0n) is 22.7. The van der Waals surface area contributed by atoms with E-state index in [1.54, 1.807) is 23.5 Å². The van der Waals surface area contributed by atoms with Crippen LogP contribution in [0, 0.1) is 5.92 Å². The van der Waals surface area contributed by atoms with Crippen molar-refractivity contribution in [2.75, 3.05) is 31.1 Å². The van der Waals surface area contributed by atoms with Crippen molar-refractivity contribution in [3.8, 4) is 5.75 Å². The second-order valence-corrected chi connectivity index (χ2v) is 10.5. The topological polar surface area (TPSA) is 101 Å². The number of nitrogens with zero attached hydrogens (tertiary/aromatic N) is 5. The number of ether oxygens (including phenoxy) is 1. The third-order valence-electron chi connectivity index (χ3n) is 8.09. The molecule has 2 aromatic heterocycles. The van der Waals surface area contributed by atoms with E-state index in [0.717, 1.165) is 47.7 Å². The molecule has 0 aliphatic carbocycles. The van der Waals surface area contributed by atoms with E-state index < -0.39 is 11.9 Å². The van der Waals surface area contributed by atoms with Gasteiger partial charge in [0.25, 0.3) is 0 Å². The Bertz CT molecular complexity index is 1290. The predicted molar refractivity (Wildman–Crippen MR) is 148 cm³/mol. The van der Waals surface area contributed by atoms with Crippen LogP contribution in [0.5, 0.6) is 5.75 Å². The van der Waals surface area contributed by atoms with E-state index in [0.29, 0.717) is 32.5 Å². The number of pyridine rings is 1. The molecule has 9 heteroatoms. The molecule has 0 spiro atoms. The van der Waals surface area contributed by atoms with Crippen LogP contribution in [0.25, 0.3) is 0 Å². The van der Waals surface area contributed by atoms with Crippen molar-refractivity contribution in [3.63, 3.8) is 0 Å². The molecule has 206 valence electrons.